The number of aromatic nitrogens is 4. The maximum atomic E-state index is 5.65. The molecule has 0 spiro atoms. The predicted octanol–water partition coefficient (Wildman–Crippen LogP) is 1.47. The van der Waals surface area contributed by atoms with Crippen molar-refractivity contribution in [3.8, 4) is 5.75 Å². The van der Waals surface area contributed by atoms with Gasteiger partial charge in [-0.2, -0.15) is 0 Å². The van der Waals surface area contributed by atoms with Gasteiger partial charge in [-0.15, -0.1) is 0 Å². The summed E-state index contributed by atoms with van der Waals surface area (Å²) in [6, 6.07) is 7.86. The van der Waals surface area contributed by atoms with Crippen LogP contribution >= 0.6 is 0 Å². The minimum atomic E-state index is 0.393. The van der Waals surface area contributed by atoms with Crippen molar-refractivity contribution in [3.63, 3.8) is 0 Å². The molecule has 1 aromatic carbocycles. The second kappa shape index (κ2) is 4.56. The van der Waals surface area contributed by atoms with Gasteiger partial charge < -0.3 is 15.0 Å². The first-order valence-electron chi connectivity index (χ1n) is 5.82. The predicted molar refractivity (Wildman–Crippen MR) is 71.8 cm³/mol. The van der Waals surface area contributed by atoms with E-state index in [9.17, 15) is 0 Å². The largest absolute Gasteiger partial charge is 0.497 e. The van der Waals surface area contributed by atoms with E-state index in [2.05, 4.69) is 15.0 Å². The van der Waals surface area contributed by atoms with Crippen molar-refractivity contribution in [2.75, 3.05) is 12.8 Å². The van der Waals surface area contributed by atoms with Gasteiger partial charge >= 0.3 is 0 Å². The van der Waals surface area contributed by atoms with Crippen molar-refractivity contribution in [2.24, 2.45) is 0 Å². The van der Waals surface area contributed by atoms with Crippen molar-refractivity contribution in [3.05, 3.63) is 42.4 Å². The minimum absolute atomic E-state index is 0.393. The number of nitrogens with two attached hydrogens (primary N) is 1. The number of benzene rings is 1. The maximum absolute atomic E-state index is 5.65. The van der Waals surface area contributed by atoms with Crippen molar-refractivity contribution in [1.29, 1.82) is 0 Å². The fraction of sp³-hybridized carbons (Fsp3) is 0.154. The Labute approximate surface area is 109 Å². The zero-order valence-corrected chi connectivity index (χ0v) is 10.4. The highest BCUT2D eigenvalue weighted by Crippen LogP contribution is 2.15. The van der Waals surface area contributed by atoms with E-state index < -0.39 is 0 Å². The summed E-state index contributed by atoms with van der Waals surface area (Å²) in [7, 11) is 1.65. The Bertz CT molecular complexity index is 705. The molecule has 2 aromatic heterocycles. The molecule has 6 nitrogen and oxygen atoms in total. The topological polar surface area (TPSA) is 78.8 Å². The molecule has 0 fully saturated rings. The standard InChI is InChI=1S/C13H13N5O/c1-19-10-4-2-9(3-5-10)7-18-8-16-12-13(18)17-11(14)6-15-12/h2-6,8H,7H2,1H3,(H2,14,17). The Kier molecular flexibility index (Phi) is 2.75. The van der Waals surface area contributed by atoms with E-state index >= 15 is 0 Å². The second-order valence-electron chi connectivity index (χ2n) is 4.16. The highest BCUT2D eigenvalue weighted by atomic mass is 16.5. The summed E-state index contributed by atoms with van der Waals surface area (Å²) in [4.78, 5) is 12.6. The van der Waals surface area contributed by atoms with Crippen LogP contribution < -0.4 is 10.5 Å². The van der Waals surface area contributed by atoms with Crippen LogP contribution in [0.4, 0.5) is 5.82 Å². The third-order valence-electron chi connectivity index (χ3n) is 2.86. The molecule has 19 heavy (non-hydrogen) atoms. The molecule has 0 radical (unpaired) electrons. The van der Waals surface area contributed by atoms with Gasteiger partial charge in [0.15, 0.2) is 11.3 Å². The van der Waals surface area contributed by atoms with E-state index in [0.717, 1.165) is 11.3 Å². The molecule has 3 rings (SSSR count). The van der Waals surface area contributed by atoms with E-state index in [4.69, 9.17) is 10.5 Å². The van der Waals surface area contributed by atoms with Crippen molar-refractivity contribution in [2.45, 2.75) is 6.54 Å². The lowest BCUT2D eigenvalue weighted by molar-refractivity contribution is 0.414. The zero-order chi connectivity index (χ0) is 13.2. The Hall–Kier alpha value is -2.63. The Morgan fingerprint density at radius 3 is 2.74 bits per heavy atom. The maximum Gasteiger partial charge on any atom is 0.197 e. The molecule has 2 heterocycles. The summed E-state index contributed by atoms with van der Waals surface area (Å²) in [6.45, 7) is 0.665. The number of imidazole rings is 1. The first kappa shape index (κ1) is 11.5. The van der Waals surface area contributed by atoms with Crippen LogP contribution in [0.5, 0.6) is 5.75 Å². The van der Waals surface area contributed by atoms with Gasteiger partial charge in [0.2, 0.25) is 0 Å². The second-order valence-corrected chi connectivity index (χ2v) is 4.16. The van der Waals surface area contributed by atoms with Crippen LogP contribution in [0.1, 0.15) is 5.56 Å². The van der Waals surface area contributed by atoms with Gasteiger partial charge in [0, 0.05) is 0 Å². The Morgan fingerprint density at radius 1 is 1.21 bits per heavy atom. The third-order valence-corrected chi connectivity index (χ3v) is 2.86. The summed E-state index contributed by atoms with van der Waals surface area (Å²) in [6.07, 6.45) is 3.22. The monoisotopic (exact) mass is 255 g/mol. The molecule has 0 amide bonds. The van der Waals surface area contributed by atoms with Crippen LogP contribution in [0.2, 0.25) is 0 Å². The molecule has 0 aliphatic carbocycles. The lowest BCUT2D eigenvalue weighted by Gasteiger charge is -2.05. The fourth-order valence-corrected chi connectivity index (χ4v) is 1.89. The summed E-state index contributed by atoms with van der Waals surface area (Å²) in [5, 5.41) is 0. The highest BCUT2D eigenvalue weighted by Gasteiger charge is 2.06. The summed E-state index contributed by atoms with van der Waals surface area (Å²) in [5.74, 6) is 1.23. The number of nitrogens with zero attached hydrogens (tertiary/aromatic N) is 4. The van der Waals surface area contributed by atoms with Crippen LogP contribution in [0.25, 0.3) is 11.3 Å². The molecule has 0 aliphatic heterocycles. The quantitative estimate of drug-likeness (QED) is 0.766. The van der Waals surface area contributed by atoms with E-state index in [0.29, 0.717) is 23.7 Å². The summed E-state index contributed by atoms with van der Waals surface area (Å²) < 4.78 is 7.05. The smallest absolute Gasteiger partial charge is 0.197 e. The summed E-state index contributed by atoms with van der Waals surface area (Å²) in [5.41, 5.74) is 8.07. The number of hydrogen-bond acceptors (Lipinski definition) is 5. The van der Waals surface area contributed by atoms with E-state index in [1.807, 2.05) is 28.8 Å². The Morgan fingerprint density at radius 2 is 2.00 bits per heavy atom. The molecule has 0 atom stereocenters. The number of methoxy groups -OCH3 is 1. The Balaban J connectivity index is 1.93. The van der Waals surface area contributed by atoms with Gasteiger partial charge in [0.1, 0.15) is 11.6 Å². The van der Waals surface area contributed by atoms with Gasteiger partial charge in [-0.05, 0) is 17.7 Å². The van der Waals surface area contributed by atoms with Crippen LogP contribution in [0.3, 0.4) is 0 Å². The SMILES string of the molecule is COc1ccc(Cn2cnc3ncc(N)nc32)cc1. The van der Waals surface area contributed by atoms with Crippen molar-refractivity contribution >= 4 is 17.1 Å². The summed E-state index contributed by atoms with van der Waals surface area (Å²) >= 11 is 0. The molecule has 0 saturated heterocycles. The van der Waals surface area contributed by atoms with E-state index in [1.54, 1.807) is 13.4 Å². The molecule has 0 unspecified atom stereocenters. The van der Waals surface area contributed by atoms with Crippen molar-refractivity contribution < 1.29 is 4.74 Å². The normalized spacial score (nSPS) is 10.8. The lowest BCUT2D eigenvalue weighted by atomic mass is 10.2. The molecule has 96 valence electrons. The molecular formula is C13H13N5O. The minimum Gasteiger partial charge on any atom is -0.497 e. The van der Waals surface area contributed by atoms with Crippen LogP contribution in [0, 0.1) is 0 Å². The molecule has 0 saturated carbocycles. The highest BCUT2D eigenvalue weighted by molar-refractivity contribution is 5.67. The fourth-order valence-electron chi connectivity index (χ4n) is 1.89. The molecule has 2 N–H and O–H groups in total. The van der Waals surface area contributed by atoms with E-state index in [1.165, 1.54) is 6.20 Å². The van der Waals surface area contributed by atoms with Crippen molar-refractivity contribution in [1.82, 2.24) is 19.5 Å². The number of fused-ring (bicyclic) bond motifs is 1. The molecular weight excluding hydrogens is 242 g/mol. The number of rotatable bonds is 3. The first-order valence-corrected chi connectivity index (χ1v) is 5.82. The molecule has 3 aromatic rings. The average molecular weight is 255 g/mol. The van der Waals surface area contributed by atoms with Gasteiger partial charge in [-0.25, -0.2) is 15.0 Å². The number of ether oxygens (including phenoxy) is 1. The van der Waals surface area contributed by atoms with Gasteiger partial charge in [0.25, 0.3) is 0 Å². The molecule has 0 aliphatic rings. The first-order chi connectivity index (χ1) is 9.26. The molecule has 6 heteroatoms. The van der Waals surface area contributed by atoms with Gasteiger partial charge in [-0.3, -0.25) is 0 Å². The van der Waals surface area contributed by atoms with Crippen LogP contribution in [-0.4, -0.2) is 26.6 Å². The van der Waals surface area contributed by atoms with Crippen LogP contribution in [-0.2, 0) is 6.54 Å². The third kappa shape index (κ3) is 2.20. The lowest BCUT2D eigenvalue weighted by Crippen LogP contribution is -2.01. The molecule has 0 bridgehead atoms. The van der Waals surface area contributed by atoms with E-state index in [-0.39, 0.29) is 0 Å². The average Bonchev–Trinajstić information content (AvgIpc) is 2.82. The number of anilines is 1. The number of nitrogen functional groups attached to an aromatic ring is 1. The van der Waals surface area contributed by atoms with Crippen LogP contribution in [0.15, 0.2) is 36.8 Å². The van der Waals surface area contributed by atoms with Gasteiger partial charge in [-0.1, -0.05) is 12.1 Å². The zero-order valence-electron chi connectivity index (χ0n) is 10.4. The van der Waals surface area contributed by atoms with Gasteiger partial charge in [0.05, 0.1) is 26.2 Å². The number of hydrogen-bond donors (Lipinski definition) is 1.